The lowest BCUT2D eigenvalue weighted by atomic mass is 10.7. The summed E-state index contributed by atoms with van der Waals surface area (Å²) in [6.07, 6.45) is 3.17. The predicted molar refractivity (Wildman–Crippen MR) is 56.8 cm³/mol. The fraction of sp³-hybridized carbons (Fsp3) is 0.333. The molecule has 6 heteroatoms. The summed E-state index contributed by atoms with van der Waals surface area (Å²) >= 11 is 3.22. The Morgan fingerprint density at radius 2 is 1.42 bits per heavy atom. The van der Waals surface area contributed by atoms with Gasteiger partial charge in [0.15, 0.2) is 0 Å². The lowest BCUT2D eigenvalue weighted by Gasteiger charge is -2.09. The summed E-state index contributed by atoms with van der Waals surface area (Å²) in [4.78, 5) is 16.2. The number of nitrogens with zero attached hydrogens (tertiary/aromatic N) is 4. The van der Waals surface area contributed by atoms with Crippen LogP contribution in [-0.4, -0.2) is 34.5 Å². The third kappa shape index (κ3) is 1.75. The van der Waals surface area contributed by atoms with Gasteiger partial charge in [-0.1, -0.05) is 23.5 Å². The summed E-state index contributed by atoms with van der Waals surface area (Å²) in [5.74, 6) is 1.49. The second-order valence-corrected chi connectivity index (χ2v) is 3.88. The molecule has 0 aromatic heterocycles. The van der Waals surface area contributed by atoms with Gasteiger partial charge in [0.05, 0.1) is 11.8 Å². The molecule has 4 nitrogen and oxygen atoms in total. The minimum atomic E-state index is 0.746. The van der Waals surface area contributed by atoms with Crippen LogP contribution in [0.5, 0.6) is 0 Å². The molecule has 0 N–H and O–H groups in total. The lowest BCUT2D eigenvalue weighted by Crippen LogP contribution is -2.12. The summed E-state index contributed by atoms with van der Waals surface area (Å²) in [6.45, 7) is 0. The smallest absolute Gasteiger partial charge is 0.132 e. The zero-order chi connectivity index (χ0) is 8.23. The van der Waals surface area contributed by atoms with E-state index in [-0.39, 0.29) is 0 Å². The molecule has 0 saturated carbocycles. The molecule has 0 fully saturated rings. The Labute approximate surface area is 78.4 Å². The predicted octanol–water partition coefficient (Wildman–Crippen LogP) is 1.25. The summed E-state index contributed by atoms with van der Waals surface area (Å²) in [5.41, 5.74) is 0. The Bertz CT molecular complexity index is 262. The number of hydrogen-bond donors (Lipinski definition) is 0. The van der Waals surface area contributed by atoms with Crippen LogP contribution in [0.15, 0.2) is 20.0 Å². The topological polar surface area (TPSA) is 49.4 Å². The minimum Gasteiger partial charge on any atom is -0.262 e. The highest BCUT2D eigenvalue weighted by atomic mass is 32.2. The second-order valence-electron chi connectivity index (χ2n) is 2.01. The van der Waals surface area contributed by atoms with Gasteiger partial charge in [-0.2, -0.15) is 0 Å². The molecule has 0 radical (unpaired) electrons. The standard InChI is InChI=1S/C6H6N4S2/c1-7-3-11-5(9-1)6-10-2-8-4-12-6/h1-2H,3-4H2. The molecule has 12 heavy (non-hydrogen) atoms. The van der Waals surface area contributed by atoms with E-state index in [0.717, 1.165) is 21.8 Å². The first-order valence-corrected chi connectivity index (χ1v) is 5.32. The molecule has 2 rings (SSSR count). The van der Waals surface area contributed by atoms with Gasteiger partial charge in [-0.15, -0.1) is 0 Å². The maximum Gasteiger partial charge on any atom is 0.132 e. The van der Waals surface area contributed by atoms with E-state index in [1.165, 1.54) is 0 Å². The van der Waals surface area contributed by atoms with Crippen molar-refractivity contribution in [3.63, 3.8) is 0 Å². The van der Waals surface area contributed by atoms with Gasteiger partial charge in [0.2, 0.25) is 0 Å². The SMILES string of the molecule is C1=NCSC(C2=NC=NCS2)=N1. The molecule has 0 unspecified atom stereocenters. The average Bonchev–Trinajstić information content (AvgIpc) is 2.21. The fourth-order valence-electron chi connectivity index (χ4n) is 0.758. The van der Waals surface area contributed by atoms with Gasteiger partial charge in [-0.25, -0.2) is 9.98 Å². The van der Waals surface area contributed by atoms with Crippen LogP contribution < -0.4 is 0 Å². The van der Waals surface area contributed by atoms with Crippen molar-refractivity contribution in [3.05, 3.63) is 0 Å². The van der Waals surface area contributed by atoms with Gasteiger partial charge in [-0.05, 0) is 0 Å². The molecule has 0 aromatic carbocycles. The highest BCUT2D eigenvalue weighted by Gasteiger charge is 2.12. The van der Waals surface area contributed by atoms with Crippen LogP contribution in [-0.2, 0) is 0 Å². The van der Waals surface area contributed by atoms with E-state index in [4.69, 9.17) is 0 Å². The fourth-order valence-corrected chi connectivity index (χ4v) is 2.23. The molecule has 62 valence electrons. The molecule has 2 aliphatic heterocycles. The van der Waals surface area contributed by atoms with Gasteiger partial charge in [0.25, 0.3) is 0 Å². The highest BCUT2D eigenvalue weighted by molar-refractivity contribution is 8.25. The van der Waals surface area contributed by atoms with Gasteiger partial charge >= 0.3 is 0 Å². The van der Waals surface area contributed by atoms with Gasteiger partial charge in [-0.3, -0.25) is 9.98 Å². The summed E-state index contributed by atoms with van der Waals surface area (Å²) < 4.78 is 0. The molecule has 0 saturated heterocycles. The van der Waals surface area contributed by atoms with Crippen molar-refractivity contribution in [2.45, 2.75) is 0 Å². The van der Waals surface area contributed by atoms with E-state index in [1.54, 1.807) is 36.2 Å². The quantitative estimate of drug-likeness (QED) is 0.636. The monoisotopic (exact) mass is 198 g/mol. The Balaban J connectivity index is 2.17. The van der Waals surface area contributed by atoms with Crippen molar-refractivity contribution in [1.82, 2.24) is 0 Å². The van der Waals surface area contributed by atoms with Gasteiger partial charge in [0.1, 0.15) is 22.8 Å². The third-order valence-corrected chi connectivity index (χ3v) is 3.08. The van der Waals surface area contributed by atoms with E-state index in [1.807, 2.05) is 0 Å². The normalized spacial score (nSPS) is 22.0. The van der Waals surface area contributed by atoms with Crippen molar-refractivity contribution in [2.75, 3.05) is 11.8 Å². The molecule has 0 bridgehead atoms. The Kier molecular flexibility index (Phi) is 2.57. The molecule has 0 spiro atoms. The van der Waals surface area contributed by atoms with Crippen LogP contribution >= 0.6 is 23.5 Å². The van der Waals surface area contributed by atoms with Crippen molar-refractivity contribution >= 4 is 46.3 Å². The zero-order valence-corrected chi connectivity index (χ0v) is 7.81. The van der Waals surface area contributed by atoms with E-state index in [0.29, 0.717) is 0 Å². The first-order valence-electron chi connectivity index (χ1n) is 3.35. The van der Waals surface area contributed by atoms with Crippen molar-refractivity contribution in [1.29, 1.82) is 0 Å². The molecule has 0 aliphatic carbocycles. The molecular weight excluding hydrogens is 192 g/mol. The second kappa shape index (κ2) is 3.86. The Morgan fingerprint density at radius 1 is 0.917 bits per heavy atom. The van der Waals surface area contributed by atoms with E-state index >= 15 is 0 Å². The molecular formula is C6H6N4S2. The van der Waals surface area contributed by atoms with Gasteiger partial charge < -0.3 is 0 Å². The number of aliphatic imine (C=N–C) groups is 4. The Hall–Kier alpha value is -0.620. The largest absolute Gasteiger partial charge is 0.262 e. The molecule has 0 aromatic rings. The number of thioether (sulfide) groups is 2. The summed E-state index contributed by atoms with van der Waals surface area (Å²) in [6, 6.07) is 0. The zero-order valence-electron chi connectivity index (χ0n) is 6.17. The number of rotatable bonds is 1. The van der Waals surface area contributed by atoms with Gasteiger partial charge in [0, 0.05) is 0 Å². The maximum absolute atomic E-state index is 4.13. The van der Waals surface area contributed by atoms with E-state index in [9.17, 15) is 0 Å². The van der Waals surface area contributed by atoms with Crippen LogP contribution in [0.1, 0.15) is 0 Å². The van der Waals surface area contributed by atoms with E-state index in [2.05, 4.69) is 20.0 Å². The third-order valence-electron chi connectivity index (χ3n) is 1.25. The first kappa shape index (κ1) is 8.00. The average molecular weight is 198 g/mol. The minimum absolute atomic E-state index is 0.746. The van der Waals surface area contributed by atoms with Crippen molar-refractivity contribution in [3.8, 4) is 0 Å². The lowest BCUT2D eigenvalue weighted by molar-refractivity contribution is 1.37. The van der Waals surface area contributed by atoms with Crippen LogP contribution in [0.2, 0.25) is 0 Å². The molecule has 2 heterocycles. The number of hydrogen-bond acceptors (Lipinski definition) is 6. The molecule has 0 atom stereocenters. The Morgan fingerprint density at radius 3 is 1.75 bits per heavy atom. The van der Waals surface area contributed by atoms with Crippen molar-refractivity contribution in [2.24, 2.45) is 20.0 Å². The van der Waals surface area contributed by atoms with Crippen molar-refractivity contribution < 1.29 is 0 Å². The first-order chi connectivity index (χ1) is 5.97. The highest BCUT2D eigenvalue weighted by Crippen LogP contribution is 2.18. The van der Waals surface area contributed by atoms with Crippen LogP contribution in [0.3, 0.4) is 0 Å². The summed E-state index contributed by atoms with van der Waals surface area (Å²) in [5, 5.41) is 1.92. The van der Waals surface area contributed by atoms with Crippen LogP contribution in [0.25, 0.3) is 0 Å². The van der Waals surface area contributed by atoms with Crippen LogP contribution in [0.4, 0.5) is 0 Å². The maximum atomic E-state index is 4.13. The molecule has 0 amide bonds. The van der Waals surface area contributed by atoms with E-state index < -0.39 is 0 Å². The molecule has 2 aliphatic rings. The van der Waals surface area contributed by atoms with Crippen LogP contribution in [0, 0.1) is 0 Å². The summed E-state index contributed by atoms with van der Waals surface area (Å²) in [7, 11) is 0.